The molecule has 0 amide bonds. The van der Waals surface area contributed by atoms with Gasteiger partial charge in [-0.2, -0.15) is 5.26 Å². The highest BCUT2D eigenvalue weighted by molar-refractivity contribution is 5.69. The molecule has 6 heteroatoms. The van der Waals surface area contributed by atoms with Gasteiger partial charge in [0, 0.05) is 5.56 Å². The van der Waals surface area contributed by atoms with E-state index in [1.807, 2.05) is 12.1 Å². The molecule has 0 aliphatic carbocycles. The van der Waals surface area contributed by atoms with Crippen molar-refractivity contribution in [1.29, 1.82) is 5.26 Å². The first-order chi connectivity index (χ1) is 8.36. The lowest BCUT2D eigenvalue weighted by Crippen LogP contribution is -1.88. The van der Waals surface area contributed by atoms with E-state index in [1.165, 1.54) is 0 Å². The van der Waals surface area contributed by atoms with Gasteiger partial charge in [-0.1, -0.05) is 12.1 Å². The van der Waals surface area contributed by atoms with Crippen LogP contribution < -0.4 is 0 Å². The Labute approximate surface area is 95.5 Å². The topological polar surface area (TPSA) is 88.5 Å². The molecule has 2 heterocycles. The highest BCUT2D eigenvalue weighted by atomic mass is 16.6. The average molecular weight is 223 g/mol. The monoisotopic (exact) mass is 223 g/mol. The number of fused-ring (bicyclic) bond motifs is 1. The molecule has 6 nitrogen and oxygen atoms in total. The molecule has 3 rings (SSSR count). The summed E-state index contributed by atoms with van der Waals surface area (Å²) in [6.45, 7) is 0. The second kappa shape index (κ2) is 3.64. The molecule has 0 saturated heterocycles. The fraction of sp³-hybridized carbons (Fsp3) is 0. The zero-order chi connectivity index (χ0) is 11.7. The second-order valence-electron chi connectivity index (χ2n) is 3.36. The third kappa shape index (κ3) is 1.59. The van der Waals surface area contributed by atoms with Crippen LogP contribution in [0.15, 0.2) is 35.1 Å². The Morgan fingerprint density at radius 1 is 1.06 bits per heavy atom. The molecule has 0 aliphatic rings. The van der Waals surface area contributed by atoms with Crippen LogP contribution in [-0.2, 0) is 0 Å². The first-order valence-corrected chi connectivity index (χ1v) is 4.83. The molecule has 0 bridgehead atoms. The van der Waals surface area contributed by atoms with Crippen molar-refractivity contribution in [1.82, 2.24) is 20.3 Å². The Balaban J connectivity index is 2.10. The summed E-state index contributed by atoms with van der Waals surface area (Å²) in [6, 6.07) is 9.12. The lowest BCUT2D eigenvalue weighted by molar-refractivity contribution is 0.314. The van der Waals surface area contributed by atoms with Gasteiger partial charge in [-0.25, -0.2) is 14.6 Å². The molecule has 0 atom stereocenters. The summed E-state index contributed by atoms with van der Waals surface area (Å²) in [4.78, 5) is 8.31. The first-order valence-electron chi connectivity index (χ1n) is 4.83. The molecular weight excluding hydrogens is 218 g/mol. The van der Waals surface area contributed by atoms with Gasteiger partial charge < -0.3 is 0 Å². The Morgan fingerprint density at radius 2 is 1.82 bits per heavy atom. The smallest absolute Gasteiger partial charge is 0.240 e. The van der Waals surface area contributed by atoms with E-state index in [4.69, 9.17) is 5.26 Å². The van der Waals surface area contributed by atoms with Gasteiger partial charge in [0.05, 0.1) is 23.5 Å². The van der Waals surface area contributed by atoms with E-state index in [9.17, 15) is 0 Å². The maximum atomic E-state index is 8.70. The van der Waals surface area contributed by atoms with Crippen LogP contribution >= 0.6 is 0 Å². The SMILES string of the molecule is N#Cc1ccc(-c2cnc3nonc3n2)cc1. The van der Waals surface area contributed by atoms with E-state index in [2.05, 4.69) is 31.0 Å². The Hall–Kier alpha value is -2.81. The van der Waals surface area contributed by atoms with Crippen LogP contribution in [0.2, 0.25) is 0 Å². The number of hydrogen-bond donors (Lipinski definition) is 0. The van der Waals surface area contributed by atoms with Gasteiger partial charge in [0.1, 0.15) is 0 Å². The number of aromatic nitrogens is 4. The molecule has 2 aromatic heterocycles. The molecule has 0 fully saturated rings. The molecule has 1 aromatic carbocycles. The van der Waals surface area contributed by atoms with Crippen molar-refractivity contribution in [3.8, 4) is 17.3 Å². The summed E-state index contributed by atoms with van der Waals surface area (Å²) in [5.74, 6) is 0. The predicted molar refractivity (Wildman–Crippen MR) is 57.5 cm³/mol. The van der Waals surface area contributed by atoms with Gasteiger partial charge in [0.2, 0.25) is 11.3 Å². The lowest BCUT2D eigenvalue weighted by atomic mass is 10.1. The minimum Gasteiger partial charge on any atom is -0.240 e. The van der Waals surface area contributed by atoms with Crippen LogP contribution in [0.25, 0.3) is 22.6 Å². The summed E-state index contributed by atoms with van der Waals surface area (Å²) >= 11 is 0. The molecule has 0 saturated carbocycles. The number of nitrogens with zero attached hydrogens (tertiary/aromatic N) is 5. The van der Waals surface area contributed by atoms with E-state index in [-0.39, 0.29) is 0 Å². The van der Waals surface area contributed by atoms with E-state index < -0.39 is 0 Å². The standard InChI is InChI=1S/C11H5N5O/c12-5-7-1-3-8(4-2-7)9-6-13-10-11(14-9)16-17-15-10/h1-4,6H. The van der Waals surface area contributed by atoms with Crippen molar-refractivity contribution < 1.29 is 4.63 Å². The van der Waals surface area contributed by atoms with Crippen LogP contribution in [0.1, 0.15) is 5.56 Å². The number of rotatable bonds is 1. The molecule has 3 aromatic rings. The van der Waals surface area contributed by atoms with E-state index >= 15 is 0 Å². The summed E-state index contributed by atoms with van der Waals surface area (Å²) in [6.07, 6.45) is 1.59. The van der Waals surface area contributed by atoms with Gasteiger partial charge in [-0.15, -0.1) is 0 Å². The molecule has 0 N–H and O–H groups in total. The Morgan fingerprint density at radius 3 is 2.59 bits per heavy atom. The molecule has 80 valence electrons. The predicted octanol–water partition coefficient (Wildman–Crippen LogP) is 1.55. The van der Waals surface area contributed by atoms with Gasteiger partial charge in [-0.3, -0.25) is 0 Å². The second-order valence-corrected chi connectivity index (χ2v) is 3.36. The van der Waals surface area contributed by atoms with Gasteiger partial charge in [0.15, 0.2) is 0 Å². The Bertz CT molecular complexity index is 711. The quantitative estimate of drug-likeness (QED) is 0.621. The van der Waals surface area contributed by atoms with E-state index in [0.717, 1.165) is 5.56 Å². The van der Waals surface area contributed by atoms with Crippen molar-refractivity contribution in [3.05, 3.63) is 36.0 Å². The van der Waals surface area contributed by atoms with Crippen molar-refractivity contribution in [2.24, 2.45) is 0 Å². The molecule has 0 spiro atoms. The number of hydrogen-bond acceptors (Lipinski definition) is 6. The fourth-order valence-electron chi connectivity index (χ4n) is 1.45. The largest absolute Gasteiger partial charge is 0.243 e. The third-order valence-electron chi connectivity index (χ3n) is 2.30. The van der Waals surface area contributed by atoms with Crippen LogP contribution in [0.4, 0.5) is 0 Å². The molecule has 0 aliphatic heterocycles. The zero-order valence-corrected chi connectivity index (χ0v) is 8.53. The van der Waals surface area contributed by atoms with E-state index in [0.29, 0.717) is 22.6 Å². The van der Waals surface area contributed by atoms with Gasteiger partial charge >= 0.3 is 0 Å². The van der Waals surface area contributed by atoms with Crippen LogP contribution in [-0.4, -0.2) is 20.3 Å². The van der Waals surface area contributed by atoms with Gasteiger partial charge in [0.25, 0.3) is 0 Å². The molecule has 17 heavy (non-hydrogen) atoms. The summed E-state index contributed by atoms with van der Waals surface area (Å²) < 4.78 is 4.52. The van der Waals surface area contributed by atoms with Crippen molar-refractivity contribution in [2.45, 2.75) is 0 Å². The van der Waals surface area contributed by atoms with Crippen LogP contribution in [0, 0.1) is 11.3 Å². The molecule has 0 radical (unpaired) electrons. The summed E-state index contributed by atoms with van der Waals surface area (Å²) in [5, 5.41) is 15.9. The maximum Gasteiger partial charge on any atom is 0.243 e. The third-order valence-corrected chi connectivity index (χ3v) is 2.30. The minimum atomic E-state index is 0.367. The minimum absolute atomic E-state index is 0.367. The van der Waals surface area contributed by atoms with Crippen molar-refractivity contribution in [3.63, 3.8) is 0 Å². The molecular formula is C11H5N5O. The fourth-order valence-corrected chi connectivity index (χ4v) is 1.45. The normalized spacial score (nSPS) is 10.3. The van der Waals surface area contributed by atoms with Crippen LogP contribution in [0.5, 0.6) is 0 Å². The average Bonchev–Trinajstić information content (AvgIpc) is 2.86. The lowest BCUT2D eigenvalue weighted by Gasteiger charge is -1.98. The number of benzene rings is 1. The summed E-state index contributed by atoms with van der Waals surface area (Å²) in [5.41, 5.74) is 2.87. The highest BCUT2D eigenvalue weighted by Gasteiger charge is 2.06. The maximum absolute atomic E-state index is 8.70. The first kappa shape index (κ1) is 9.42. The van der Waals surface area contributed by atoms with Gasteiger partial charge in [-0.05, 0) is 22.4 Å². The zero-order valence-electron chi connectivity index (χ0n) is 8.53. The number of nitriles is 1. The Kier molecular flexibility index (Phi) is 2.02. The van der Waals surface area contributed by atoms with Crippen molar-refractivity contribution >= 4 is 11.3 Å². The van der Waals surface area contributed by atoms with Crippen LogP contribution in [0.3, 0.4) is 0 Å². The molecule has 0 unspecified atom stereocenters. The van der Waals surface area contributed by atoms with E-state index in [1.54, 1.807) is 18.3 Å². The summed E-state index contributed by atoms with van der Waals surface area (Å²) in [7, 11) is 0. The van der Waals surface area contributed by atoms with Crippen molar-refractivity contribution in [2.75, 3.05) is 0 Å². The highest BCUT2D eigenvalue weighted by Crippen LogP contribution is 2.18.